The second kappa shape index (κ2) is 9.02. The van der Waals surface area contributed by atoms with E-state index in [1.807, 2.05) is 0 Å². The number of benzene rings is 1. The summed E-state index contributed by atoms with van der Waals surface area (Å²) >= 11 is 0. The lowest BCUT2D eigenvalue weighted by Crippen LogP contribution is -2.40. The molecule has 3 aromatic rings. The molecule has 0 saturated heterocycles. The van der Waals surface area contributed by atoms with Crippen LogP contribution in [0.1, 0.15) is 66.7 Å². The van der Waals surface area contributed by atoms with Crippen molar-refractivity contribution in [3.8, 4) is 11.1 Å². The average molecular weight is 473 g/mol. The predicted molar refractivity (Wildman–Crippen MR) is 130 cm³/mol. The number of pyridine rings is 2. The van der Waals surface area contributed by atoms with E-state index < -0.39 is 17.8 Å². The summed E-state index contributed by atoms with van der Waals surface area (Å²) < 4.78 is 15.5. The monoisotopic (exact) mass is 472 g/mol. The van der Waals surface area contributed by atoms with E-state index in [9.17, 15) is 14.4 Å². The number of rotatable bonds is 5. The normalized spacial score (nSPS) is 17.2. The van der Waals surface area contributed by atoms with Crippen molar-refractivity contribution in [1.82, 2.24) is 9.97 Å². The minimum absolute atomic E-state index is 0.0743. The number of Topliss-reactive ketones (excluding diaryl/α,β-unsaturated/α-hetero) is 1. The van der Waals surface area contributed by atoms with Gasteiger partial charge in [-0.1, -0.05) is 12.5 Å². The van der Waals surface area contributed by atoms with Crippen molar-refractivity contribution in [1.29, 1.82) is 0 Å². The zero-order valence-electron chi connectivity index (χ0n) is 19.5. The highest BCUT2D eigenvalue weighted by atomic mass is 19.1. The SMILES string of the molecule is CC(=O)c1ccc(NC(=O)CN2C(=O)[C@@H](C)c3ncccc3-c3c2cc(C2CCC2)nc3F)cc1. The van der Waals surface area contributed by atoms with Crippen LogP contribution in [0.15, 0.2) is 48.7 Å². The van der Waals surface area contributed by atoms with Gasteiger partial charge in [0.15, 0.2) is 5.78 Å². The average Bonchev–Trinajstić information content (AvgIpc) is 2.88. The summed E-state index contributed by atoms with van der Waals surface area (Å²) in [5, 5.41) is 2.77. The van der Waals surface area contributed by atoms with Crippen molar-refractivity contribution in [3.63, 3.8) is 0 Å². The van der Waals surface area contributed by atoms with Gasteiger partial charge in [0, 0.05) is 34.6 Å². The molecule has 1 atom stereocenters. The summed E-state index contributed by atoms with van der Waals surface area (Å²) in [5.41, 5.74) is 3.12. The van der Waals surface area contributed by atoms with Gasteiger partial charge in [-0.15, -0.1) is 0 Å². The van der Waals surface area contributed by atoms with Crippen LogP contribution in [0.25, 0.3) is 11.1 Å². The first-order valence-corrected chi connectivity index (χ1v) is 11.7. The van der Waals surface area contributed by atoms with Gasteiger partial charge in [-0.05, 0) is 63.1 Å². The molecule has 1 aromatic carbocycles. The topological polar surface area (TPSA) is 92.3 Å². The molecule has 1 aliphatic heterocycles. The molecule has 1 N–H and O–H groups in total. The highest BCUT2D eigenvalue weighted by Crippen LogP contribution is 2.44. The number of fused-ring (bicyclic) bond motifs is 3. The number of hydrogen-bond donors (Lipinski definition) is 1. The van der Waals surface area contributed by atoms with E-state index in [1.54, 1.807) is 55.6 Å². The molecule has 8 heteroatoms. The highest BCUT2D eigenvalue weighted by Gasteiger charge is 2.36. The van der Waals surface area contributed by atoms with E-state index >= 15 is 4.39 Å². The molecule has 3 heterocycles. The van der Waals surface area contributed by atoms with Crippen molar-refractivity contribution in [2.24, 2.45) is 0 Å². The Labute approximate surface area is 202 Å². The first-order chi connectivity index (χ1) is 16.8. The largest absolute Gasteiger partial charge is 0.325 e. The maximum atomic E-state index is 15.5. The van der Waals surface area contributed by atoms with Crippen molar-refractivity contribution in [3.05, 3.63) is 71.6 Å². The second-order valence-corrected chi connectivity index (χ2v) is 9.12. The Morgan fingerprint density at radius 2 is 1.91 bits per heavy atom. The quantitative estimate of drug-likeness (QED) is 0.424. The second-order valence-electron chi connectivity index (χ2n) is 9.12. The van der Waals surface area contributed by atoms with Crippen LogP contribution < -0.4 is 10.2 Å². The molecule has 1 saturated carbocycles. The minimum Gasteiger partial charge on any atom is -0.325 e. The Morgan fingerprint density at radius 3 is 2.57 bits per heavy atom. The van der Waals surface area contributed by atoms with Crippen molar-refractivity contribution in [2.45, 2.75) is 44.9 Å². The van der Waals surface area contributed by atoms with Gasteiger partial charge in [0.05, 0.1) is 22.9 Å². The number of aromatic nitrogens is 2. The number of carbonyl (C=O) groups is 3. The zero-order chi connectivity index (χ0) is 24.7. The van der Waals surface area contributed by atoms with Crippen LogP contribution in [0.3, 0.4) is 0 Å². The molecule has 0 unspecified atom stereocenters. The Hall–Kier alpha value is -3.94. The van der Waals surface area contributed by atoms with Crippen LogP contribution in [-0.2, 0) is 9.59 Å². The molecular weight excluding hydrogens is 447 g/mol. The number of carbonyl (C=O) groups excluding carboxylic acids is 3. The number of hydrogen-bond acceptors (Lipinski definition) is 5. The molecule has 5 rings (SSSR count). The molecule has 2 aliphatic rings. The lowest BCUT2D eigenvalue weighted by molar-refractivity contribution is -0.122. The number of nitrogens with zero attached hydrogens (tertiary/aromatic N) is 3. The number of amides is 2. The Morgan fingerprint density at radius 1 is 1.17 bits per heavy atom. The smallest absolute Gasteiger partial charge is 0.244 e. The third-order valence-corrected chi connectivity index (χ3v) is 6.82. The number of halogens is 1. The lowest BCUT2D eigenvalue weighted by Gasteiger charge is -2.28. The Kier molecular flexibility index (Phi) is 5.88. The summed E-state index contributed by atoms with van der Waals surface area (Å²) in [4.78, 5) is 48.1. The van der Waals surface area contributed by atoms with Crippen LogP contribution >= 0.6 is 0 Å². The molecule has 0 radical (unpaired) electrons. The third-order valence-electron chi connectivity index (χ3n) is 6.82. The predicted octanol–water partition coefficient (Wildman–Crippen LogP) is 4.84. The maximum Gasteiger partial charge on any atom is 0.244 e. The van der Waals surface area contributed by atoms with Gasteiger partial charge < -0.3 is 10.2 Å². The van der Waals surface area contributed by atoms with Crippen LogP contribution in [-0.4, -0.2) is 34.1 Å². The van der Waals surface area contributed by atoms with Gasteiger partial charge in [0.1, 0.15) is 6.54 Å². The molecule has 35 heavy (non-hydrogen) atoms. The first kappa shape index (κ1) is 22.8. The minimum atomic E-state index is -0.673. The Balaban J connectivity index is 1.53. The van der Waals surface area contributed by atoms with Crippen LogP contribution in [0.2, 0.25) is 0 Å². The summed E-state index contributed by atoms with van der Waals surface area (Å²) in [6.07, 6.45) is 4.47. The zero-order valence-corrected chi connectivity index (χ0v) is 19.5. The van der Waals surface area contributed by atoms with Gasteiger partial charge in [0.25, 0.3) is 0 Å². The molecule has 7 nitrogen and oxygen atoms in total. The van der Waals surface area contributed by atoms with Gasteiger partial charge in [0.2, 0.25) is 17.8 Å². The fourth-order valence-electron chi connectivity index (χ4n) is 4.63. The number of nitrogens with one attached hydrogen (secondary N) is 1. The van der Waals surface area contributed by atoms with Crippen LogP contribution in [0.4, 0.5) is 15.8 Å². The summed E-state index contributed by atoms with van der Waals surface area (Å²) in [6, 6.07) is 11.7. The van der Waals surface area contributed by atoms with E-state index in [-0.39, 0.29) is 29.7 Å². The number of ketones is 1. The first-order valence-electron chi connectivity index (χ1n) is 11.7. The highest BCUT2D eigenvalue weighted by molar-refractivity contribution is 6.09. The molecule has 2 amide bonds. The fraction of sp³-hybridized carbons (Fsp3) is 0.296. The summed E-state index contributed by atoms with van der Waals surface area (Å²) in [5.74, 6) is -2.04. The van der Waals surface area contributed by atoms with Crippen molar-refractivity contribution in [2.75, 3.05) is 16.8 Å². The van der Waals surface area contributed by atoms with E-state index in [4.69, 9.17) is 0 Å². The summed E-state index contributed by atoms with van der Waals surface area (Å²) in [6.45, 7) is 2.88. The number of anilines is 2. The van der Waals surface area contributed by atoms with E-state index in [1.165, 1.54) is 11.8 Å². The standard InChI is InChI=1S/C27H25FN4O3/c1-15-25-20(7-4-12-29-25)24-22(13-21(31-26(24)28)18-5-3-6-18)32(27(15)35)14-23(34)30-19-10-8-17(9-11-19)16(2)33/h4,7-13,15,18H,3,5-6,14H2,1-2H3,(H,30,34)/t15-/m0/s1. The third kappa shape index (κ3) is 4.20. The molecule has 178 valence electrons. The Bertz CT molecular complexity index is 1330. The van der Waals surface area contributed by atoms with E-state index in [0.29, 0.717) is 33.9 Å². The molecule has 0 bridgehead atoms. The van der Waals surface area contributed by atoms with Crippen LogP contribution in [0.5, 0.6) is 0 Å². The van der Waals surface area contributed by atoms with Crippen molar-refractivity contribution < 1.29 is 18.8 Å². The van der Waals surface area contributed by atoms with Gasteiger partial charge in [-0.25, -0.2) is 4.98 Å². The molecule has 2 aromatic heterocycles. The van der Waals surface area contributed by atoms with Crippen LogP contribution in [0, 0.1) is 5.95 Å². The van der Waals surface area contributed by atoms with Crippen molar-refractivity contribution >= 4 is 29.0 Å². The fourth-order valence-corrected chi connectivity index (χ4v) is 4.63. The molecule has 1 fully saturated rings. The molecule has 0 spiro atoms. The van der Waals surface area contributed by atoms with Gasteiger partial charge in [-0.2, -0.15) is 4.39 Å². The molecule has 1 aliphatic carbocycles. The van der Waals surface area contributed by atoms with E-state index in [0.717, 1.165) is 19.3 Å². The lowest BCUT2D eigenvalue weighted by atomic mass is 9.82. The van der Waals surface area contributed by atoms with Gasteiger partial charge >= 0.3 is 0 Å². The summed E-state index contributed by atoms with van der Waals surface area (Å²) in [7, 11) is 0. The van der Waals surface area contributed by atoms with Gasteiger partial charge in [-0.3, -0.25) is 19.4 Å². The molecular formula is C27H25FN4O3. The van der Waals surface area contributed by atoms with E-state index in [2.05, 4.69) is 15.3 Å². The maximum absolute atomic E-state index is 15.5.